The van der Waals surface area contributed by atoms with Gasteiger partial charge >= 0.3 is 0 Å². The summed E-state index contributed by atoms with van der Waals surface area (Å²) in [5.41, 5.74) is 1.02. The maximum absolute atomic E-state index is 5.82. The molecule has 0 bridgehead atoms. The highest BCUT2D eigenvalue weighted by Crippen LogP contribution is 2.35. The zero-order chi connectivity index (χ0) is 15.2. The lowest BCUT2D eigenvalue weighted by atomic mass is 10.2. The standard InChI is InChI=1S/C15H12Br3ClO2/c16-11-2-1-3-12(8-11)20-4-5-21-15-13(17)6-10(9-19)7-14(15)18/h1-3,6-8H,4-5,9H2. The van der Waals surface area contributed by atoms with E-state index in [0.717, 1.165) is 30.5 Å². The van der Waals surface area contributed by atoms with Crippen LogP contribution in [0.1, 0.15) is 5.56 Å². The summed E-state index contributed by atoms with van der Waals surface area (Å²) in [7, 11) is 0. The smallest absolute Gasteiger partial charge is 0.147 e. The van der Waals surface area contributed by atoms with Crippen LogP contribution in [-0.4, -0.2) is 13.2 Å². The molecule has 0 aliphatic rings. The summed E-state index contributed by atoms with van der Waals surface area (Å²) in [6, 6.07) is 11.6. The van der Waals surface area contributed by atoms with Gasteiger partial charge in [0, 0.05) is 10.4 Å². The molecule has 0 amide bonds. The van der Waals surface area contributed by atoms with Gasteiger partial charge in [0.1, 0.15) is 24.7 Å². The number of ether oxygens (including phenoxy) is 2. The van der Waals surface area contributed by atoms with Crippen molar-refractivity contribution in [1.29, 1.82) is 0 Å². The molecule has 0 atom stereocenters. The molecule has 2 aromatic carbocycles. The average Bonchev–Trinajstić information content (AvgIpc) is 2.45. The van der Waals surface area contributed by atoms with Crippen molar-refractivity contribution < 1.29 is 9.47 Å². The second-order valence-corrected chi connectivity index (χ2v) is 7.07. The van der Waals surface area contributed by atoms with Gasteiger partial charge in [-0.2, -0.15) is 0 Å². The molecule has 0 aliphatic heterocycles. The molecular formula is C15H12Br3ClO2. The van der Waals surface area contributed by atoms with Crippen molar-refractivity contribution in [1.82, 2.24) is 0 Å². The molecule has 0 aliphatic carbocycles. The van der Waals surface area contributed by atoms with Crippen LogP contribution in [0, 0.1) is 0 Å². The molecule has 2 nitrogen and oxygen atoms in total. The Balaban J connectivity index is 1.89. The largest absolute Gasteiger partial charge is 0.490 e. The fourth-order valence-corrected chi connectivity index (χ4v) is 3.73. The lowest BCUT2D eigenvalue weighted by Crippen LogP contribution is -2.09. The summed E-state index contributed by atoms with van der Waals surface area (Å²) in [6.07, 6.45) is 0. The molecule has 0 unspecified atom stereocenters. The van der Waals surface area contributed by atoms with Crippen LogP contribution in [-0.2, 0) is 5.88 Å². The number of rotatable bonds is 6. The number of hydrogen-bond donors (Lipinski definition) is 0. The molecule has 0 spiro atoms. The Morgan fingerprint density at radius 1 is 0.905 bits per heavy atom. The Morgan fingerprint density at radius 3 is 2.19 bits per heavy atom. The minimum Gasteiger partial charge on any atom is -0.490 e. The van der Waals surface area contributed by atoms with E-state index in [9.17, 15) is 0 Å². The van der Waals surface area contributed by atoms with Crippen LogP contribution in [0.2, 0.25) is 0 Å². The molecule has 2 aromatic rings. The molecule has 6 heteroatoms. The fourth-order valence-electron chi connectivity index (χ4n) is 1.69. The van der Waals surface area contributed by atoms with E-state index in [1.54, 1.807) is 0 Å². The van der Waals surface area contributed by atoms with E-state index in [4.69, 9.17) is 21.1 Å². The zero-order valence-corrected chi connectivity index (χ0v) is 16.4. The van der Waals surface area contributed by atoms with Gasteiger partial charge in [0.05, 0.1) is 8.95 Å². The molecule has 0 N–H and O–H groups in total. The van der Waals surface area contributed by atoms with Crippen LogP contribution in [0.4, 0.5) is 0 Å². The highest BCUT2D eigenvalue weighted by molar-refractivity contribution is 9.11. The maximum atomic E-state index is 5.82. The molecule has 0 radical (unpaired) electrons. The summed E-state index contributed by atoms with van der Waals surface area (Å²) < 4.78 is 14.1. The first-order valence-electron chi connectivity index (χ1n) is 6.15. The highest BCUT2D eigenvalue weighted by atomic mass is 79.9. The van der Waals surface area contributed by atoms with Crippen molar-refractivity contribution in [3.63, 3.8) is 0 Å². The first kappa shape index (κ1) is 17.1. The summed E-state index contributed by atoms with van der Waals surface area (Å²) >= 11 is 16.2. The monoisotopic (exact) mass is 496 g/mol. The van der Waals surface area contributed by atoms with Gasteiger partial charge in [-0.3, -0.25) is 0 Å². The third-order valence-corrected chi connectivity index (χ3v) is 4.59. The van der Waals surface area contributed by atoms with Crippen LogP contribution in [0.15, 0.2) is 49.8 Å². The van der Waals surface area contributed by atoms with E-state index >= 15 is 0 Å². The lowest BCUT2D eigenvalue weighted by Gasteiger charge is -2.12. The van der Waals surface area contributed by atoms with Crippen LogP contribution in [0.25, 0.3) is 0 Å². The molecule has 112 valence electrons. The average molecular weight is 499 g/mol. The minimum absolute atomic E-state index is 0.448. The second kappa shape index (κ2) is 8.42. The Morgan fingerprint density at radius 2 is 1.57 bits per heavy atom. The lowest BCUT2D eigenvalue weighted by molar-refractivity contribution is 0.215. The molecule has 2 rings (SSSR count). The van der Waals surface area contributed by atoms with E-state index in [2.05, 4.69) is 47.8 Å². The van der Waals surface area contributed by atoms with Crippen molar-refractivity contribution in [3.8, 4) is 11.5 Å². The molecule has 0 saturated carbocycles. The van der Waals surface area contributed by atoms with Crippen molar-refractivity contribution >= 4 is 59.4 Å². The Hall–Kier alpha value is -0.230. The number of alkyl halides is 1. The van der Waals surface area contributed by atoms with Gasteiger partial charge in [-0.15, -0.1) is 11.6 Å². The summed E-state index contributed by atoms with van der Waals surface area (Å²) in [6.45, 7) is 0.913. The van der Waals surface area contributed by atoms with Crippen LogP contribution >= 0.6 is 59.4 Å². The summed E-state index contributed by atoms with van der Waals surface area (Å²) in [5, 5.41) is 0. The molecule has 0 aromatic heterocycles. The predicted octanol–water partition coefficient (Wildman–Crippen LogP) is 6.17. The molecule has 0 saturated heterocycles. The topological polar surface area (TPSA) is 18.5 Å². The maximum Gasteiger partial charge on any atom is 0.147 e. The fraction of sp³-hybridized carbons (Fsp3) is 0.200. The SMILES string of the molecule is ClCc1cc(Br)c(OCCOc2cccc(Br)c2)c(Br)c1. The third kappa shape index (κ3) is 5.16. The molecule has 21 heavy (non-hydrogen) atoms. The van der Waals surface area contributed by atoms with Gasteiger partial charge in [0.25, 0.3) is 0 Å². The Kier molecular flexibility index (Phi) is 6.86. The Labute approximate surface area is 154 Å². The van der Waals surface area contributed by atoms with Crippen LogP contribution < -0.4 is 9.47 Å². The van der Waals surface area contributed by atoms with Gasteiger partial charge < -0.3 is 9.47 Å². The van der Waals surface area contributed by atoms with Gasteiger partial charge in [-0.05, 0) is 67.8 Å². The first-order chi connectivity index (χ1) is 10.1. The Bertz CT molecular complexity index is 597. The van der Waals surface area contributed by atoms with Crippen LogP contribution in [0.3, 0.4) is 0 Å². The zero-order valence-electron chi connectivity index (χ0n) is 10.9. The van der Waals surface area contributed by atoms with Gasteiger partial charge in [-0.1, -0.05) is 22.0 Å². The van der Waals surface area contributed by atoms with Crippen molar-refractivity contribution in [3.05, 3.63) is 55.4 Å². The molecule has 0 heterocycles. The van der Waals surface area contributed by atoms with E-state index < -0.39 is 0 Å². The van der Waals surface area contributed by atoms with Crippen molar-refractivity contribution in [2.24, 2.45) is 0 Å². The normalized spacial score (nSPS) is 10.5. The highest BCUT2D eigenvalue weighted by Gasteiger charge is 2.08. The number of benzene rings is 2. The predicted molar refractivity (Wildman–Crippen MR) is 96.5 cm³/mol. The third-order valence-electron chi connectivity index (χ3n) is 2.61. The first-order valence-corrected chi connectivity index (χ1v) is 9.06. The quantitative estimate of drug-likeness (QED) is 0.350. The van der Waals surface area contributed by atoms with E-state index in [-0.39, 0.29) is 0 Å². The number of hydrogen-bond acceptors (Lipinski definition) is 2. The minimum atomic E-state index is 0.448. The van der Waals surface area contributed by atoms with E-state index in [0.29, 0.717) is 19.1 Å². The van der Waals surface area contributed by atoms with Gasteiger partial charge in [0.2, 0.25) is 0 Å². The van der Waals surface area contributed by atoms with Crippen LogP contribution in [0.5, 0.6) is 11.5 Å². The number of halogens is 4. The second-order valence-electron chi connectivity index (χ2n) is 4.18. The van der Waals surface area contributed by atoms with Gasteiger partial charge in [-0.25, -0.2) is 0 Å². The van der Waals surface area contributed by atoms with E-state index in [1.807, 2.05) is 36.4 Å². The summed E-state index contributed by atoms with van der Waals surface area (Å²) in [5.74, 6) is 2.02. The molecule has 0 fully saturated rings. The molecular weight excluding hydrogens is 487 g/mol. The van der Waals surface area contributed by atoms with Gasteiger partial charge in [0.15, 0.2) is 0 Å². The van der Waals surface area contributed by atoms with Crippen molar-refractivity contribution in [2.75, 3.05) is 13.2 Å². The van der Waals surface area contributed by atoms with E-state index in [1.165, 1.54) is 0 Å². The summed E-state index contributed by atoms with van der Waals surface area (Å²) in [4.78, 5) is 0. The van der Waals surface area contributed by atoms with Crippen molar-refractivity contribution in [2.45, 2.75) is 5.88 Å².